The van der Waals surface area contributed by atoms with Crippen molar-refractivity contribution in [2.45, 2.75) is 49.7 Å². The van der Waals surface area contributed by atoms with Gasteiger partial charge in [-0.3, -0.25) is 14.8 Å². The number of nitrogens with one attached hydrogen (secondary N) is 1. The van der Waals surface area contributed by atoms with Crippen molar-refractivity contribution in [1.29, 1.82) is 5.26 Å². The standard InChI is InChI=1S/C23H21F4N5O2S/c1-22(2)21(33)35(17-9-6-14(12-28)19(20(17)24)23(25,26)27)31-32(22)16-8-7-15(30-13-16)4-3-5-18-29-10-11-34-18/h6-11,13,31,35H,3-5H2,1-2H3. The van der Waals surface area contributed by atoms with Crippen LogP contribution in [0.25, 0.3) is 0 Å². The van der Waals surface area contributed by atoms with Gasteiger partial charge in [0.1, 0.15) is 23.2 Å². The molecule has 3 aromatic rings. The van der Waals surface area contributed by atoms with Crippen LogP contribution in [0.15, 0.2) is 52.2 Å². The molecular formula is C23H21F4N5O2S. The molecule has 1 atom stereocenters. The van der Waals surface area contributed by atoms with Crippen molar-refractivity contribution in [3.63, 3.8) is 0 Å². The van der Waals surface area contributed by atoms with Crippen LogP contribution < -0.4 is 9.84 Å². The molecule has 7 nitrogen and oxygen atoms in total. The molecule has 35 heavy (non-hydrogen) atoms. The first-order valence-corrected chi connectivity index (χ1v) is 11.9. The lowest BCUT2D eigenvalue weighted by atomic mass is 10.1. The molecule has 2 aromatic heterocycles. The highest BCUT2D eigenvalue weighted by molar-refractivity contribution is 8.28. The number of anilines is 1. The molecule has 12 heteroatoms. The van der Waals surface area contributed by atoms with Crippen LogP contribution in [-0.2, 0) is 23.8 Å². The Bertz CT molecular complexity index is 1270. The second kappa shape index (κ2) is 9.31. The van der Waals surface area contributed by atoms with Crippen LogP contribution >= 0.6 is 11.1 Å². The number of oxazole rings is 1. The number of thiol groups is 1. The van der Waals surface area contributed by atoms with E-state index in [-0.39, 0.29) is 0 Å². The smallest absolute Gasteiger partial charge is 0.420 e. The average molecular weight is 508 g/mol. The van der Waals surface area contributed by atoms with E-state index < -0.39 is 49.8 Å². The summed E-state index contributed by atoms with van der Waals surface area (Å²) in [5, 5.41) is 10.0. The van der Waals surface area contributed by atoms with Gasteiger partial charge in [0.2, 0.25) is 5.12 Å². The largest absolute Gasteiger partial charge is 0.449 e. The highest BCUT2D eigenvalue weighted by Gasteiger charge is 2.48. The van der Waals surface area contributed by atoms with Gasteiger partial charge < -0.3 is 4.42 Å². The SMILES string of the molecule is CC1(C)C(=O)[SH](c2ccc(C#N)c(C(F)(F)F)c2F)NN1c1ccc(CCCc2ncco2)nc1. The van der Waals surface area contributed by atoms with Gasteiger partial charge in [-0.05, 0) is 51.0 Å². The molecule has 0 saturated carbocycles. The first-order chi connectivity index (χ1) is 16.5. The summed E-state index contributed by atoms with van der Waals surface area (Å²) >= 11 is -2.18. The predicted molar refractivity (Wildman–Crippen MR) is 121 cm³/mol. The number of benzene rings is 1. The molecule has 1 aromatic carbocycles. The molecule has 4 rings (SSSR count). The van der Waals surface area contributed by atoms with Gasteiger partial charge in [-0.15, -0.1) is 0 Å². The van der Waals surface area contributed by atoms with Crippen LogP contribution in [0, 0.1) is 17.1 Å². The lowest BCUT2D eigenvalue weighted by molar-refractivity contribution is -0.140. The molecule has 3 heterocycles. The van der Waals surface area contributed by atoms with E-state index in [2.05, 4.69) is 14.8 Å². The number of nitrogens with zero attached hydrogens (tertiary/aromatic N) is 4. The second-order valence-corrected chi connectivity index (χ2v) is 10.1. The van der Waals surface area contributed by atoms with E-state index in [1.54, 1.807) is 38.4 Å². The zero-order valence-corrected chi connectivity index (χ0v) is 19.6. The van der Waals surface area contributed by atoms with Crippen molar-refractivity contribution in [2.24, 2.45) is 0 Å². The topological polar surface area (TPSA) is 95.1 Å². The molecule has 1 N–H and O–H groups in total. The molecule has 0 aliphatic carbocycles. The molecule has 0 bridgehead atoms. The molecule has 0 spiro atoms. The van der Waals surface area contributed by atoms with E-state index in [9.17, 15) is 18.0 Å². The van der Waals surface area contributed by atoms with E-state index in [1.165, 1.54) is 17.3 Å². The summed E-state index contributed by atoms with van der Waals surface area (Å²) in [5.41, 5.74) is -2.37. The number of hydrogen-bond donors (Lipinski definition) is 2. The lowest BCUT2D eigenvalue weighted by Crippen LogP contribution is -2.46. The number of aryl methyl sites for hydroxylation is 2. The maximum absolute atomic E-state index is 15.0. The number of aromatic nitrogens is 2. The summed E-state index contributed by atoms with van der Waals surface area (Å²) in [7, 11) is 0. The summed E-state index contributed by atoms with van der Waals surface area (Å²) < 4.78 is 60.5. The lowest BCUT2D eigenvalue weighted by Gasteiger charge is -2.30. The van der Waals surface area contributed by atoms with Crippen molar-refractivity contribution in [3.05, 3.63) is 71.5 Å². The normalized spacial score (nSPS) is 18.6. The zero-order chi connectivity index (χ0) is 25.4. The molecule has 1 unspecified atom stereocenters. The Morgan fingerprint density at radius 3 is 2.57 bits per heavy atom. The number of nitriles is 1. The van der Waals surface area contributed by atoms with E-state index in [0.717, 1.165) is 24.2 Å². The van der Waals surface area contributed by atoms with Gasteiger partial charge in [-0.1, -0.05) is 11.1 Å². The molecule has 1 fully saturated rings. The van der Waals surface area contributed by atoms with E-state index in [1.807, 2.05) is 0 Å². The monoisotopic (exact) mass is 507 g/mol. The minimum atomic E-state index is -5.08. The van der Waals surface area contributed by atoms with Crippen molar-refractivity contribution in [1.82, 2.24) is 14.8 Å². The molecule has 0 radical (unpaired) electrons. The fraction of sp³-hybridized carbons (Fsp3) is 0.304. The fourth-order valence-electron chi connectivity index (χ4n) is 3.79. The minimum absolute atomic E-state index is 0.414. The van der Waals surface area contributed by atoms with Crippen molar-refractivity contribution >= 4 is 21.9 Å². The van der Waals surface area contributed by atoms with Crippen LogP contribution in [0.2, 0.25) is 0 Å². The number of hydrazine groups is 1. The van der Waals surface area contributed by atoms with Crippen molar-refractivity contribution < 1.29 is 26.8 Å². The Balaban J connectivity index is 1.56. The van der Waals surface area contributed by atoms with Crippen molar-refractivity contribution in [3.8, 4) is 6.07 Å². The molecule has 1 aliphatic rings. The fourth-order valence-corrected chi connectivity index (χ4v) is 5.95. The van der Waals surface area contributed by atoms with Gasteiger partial charge in [-0.25, -0.2) is 9.37 Å². The molecular weight excluding hydrogens is 486 g/mol. The van der Waals surface area contributed by atoms with Gasteiger partial charge >= 0.3 is 6.18 Å². The molecule has 184 valence electrons. The zero-order valence-electron chi connectivity index (χ0n) is 18.7. The highest BCUT2D eigenvalue weighted by atomic mass is 32.2. The molecule has 1 saturated heterocycles. The molecule has 0 amide bonds. The van der Waals surface area contributed by atoms with Gasteiger partial charge in [0.05, 0.1) is 29.7 Å². The first kappa shape index (κ1) is 24.7. The van der Waals surface area contributed by atoms with Gasteiger partial charge in [0.15, 0.2) is 5.89 Å². The number of carbonyl (C=O) groups is 1. The second-order valence-electron chi connectivity index (χ2n) is 8.35. The quantitative estimate of drug-likeness (QED) is 0.363. The van der Waals surface area contributed by atoms with Gasteiger partial charge in [0, 0.05) is 17.0 Å². The van der Waals surface area contributed by atoms with E-state index in [4.69, 9.17) is 9.68 Å². The molecule has 1 aliphatic heterocycles. The summed E-state index contributed by atoms with van der Waals surface area (Å²) in [6.45, 7) is 3.20. The Labute approximate surface area is 201 Å². The maximum Gasteiger partial charge on any atom is 0.420 e. The van der Waals surface area contributed by atoms with E-state index >= 15 is 4.39 Å². The number of alkyl halides is 3. The van der Waals surface area contributed by atoms with Crippen molar-refractivity contribution in [2.75, 3.05) is 5.01 Å². The summed E-state index contributed by atoms with van der Waals surface area (Å²) in [6.07, 6.45) is 1.66. The number of halogens is 4. The van der Waals surface area contributed by atoms with Crippen LogP contribution in [0.4, 0.5) is 23.2 Å². The number of rotatable bonds is 6. The number of carbonyl (C=O) groups excluding carboxylic acids is 1. The number of pyridine rings is 1. The van der Waals surface area contributed by atoms with E-state index in [0.29, 0.717) is 24.4 Å². The Hall–Kier alpha value is -3.43. The Morgan fingerprint density at radius 2 is 1.97 bits per heavy atom. The Morgan fingerprint density at radius 1 is 1.20 bits per heavy atom. The summed E-state index contributed by atoms with van der Waals surface area (Å²) in [6, 6.07) is 6.85. The first-order valence-electron chi connectivity index (χ1n) is 10.6. The van der Waals surface area contributed by atoms with Gasteiger partial charge in [-0.2, -0.15) is 23.3 Å². The van der Waals surface area contributed by atoms with Crippen LogP contribution in [-0.4, -0.2) is 20.6 Å². The number of hydrogen-bond acceptors (Lipinski definition) is 7. The summed E-state index contributed by atoms with van der Waals surface area (Å²) in [5.74, 6) is -0.971. The van der Waals surface area contributed by atoms with Crippen LogP contribution in [0.5, 0.6) is 0 Å². The third kappa shape index (κ3) is 4.74. The Kier molecular flexibility index (Phi) is 6.57. The minimum Gasteiger partial charge on any atom is -0.449 e. The van der Waals surface area contributed by atoms with Crippen LogP contribution in [0.1, 0.15) is 43.0 Å². The maximum atomic E-state index is 15.0. The predicted octanol–water partition coefficient (Wildman–Crippen LogP) is 4.88. The van der Waals surface area contributed by atoms with Crippen LogP contribution in [0.3, 0.4) is 0 Å². The third-order valence-electron chi connectivity index (χ3n) is 5.63. The average Bonchev–Trinajstić information content (AvgIpc) is 3.40. The summed E-state index contributed by atoms with van der Waals surface area (Å²) in [4.78, 5) is 24.1. The van der Waals surface area contributed by atoms with Gasteiger partial charge in [0.25, 0.3) is 0 Å². The third-order valence-corrected chi connectivity index (χ3v) is 7.81. The highest BCUT2D eigenvalue weighted by Crippen LogP contribution is 2.49.